The van der Waals surface area contributed by atoms with Crippen LogP contribution in [0.4, 0.5) is 0 Å². The summed E-state index contributed by atoms with van der Waals surface area (Å²) in [6, 6.07) is 12.8. The molecule has 0 saturated carbocycles. The first-order valence-electron chi connectivity index (χ1n) is 10.9. The second-order valence-corrected chi connectivity index (χ2v) is 8.39. The van der Waals surface area contributed by atoms with Crippen molar-refractivity contribution in [3.8, 4) is 5.75 Å². The summed E-state index contributed by atoms with van der Waals surface area (Å²) in [5, 5.41) is 17.2. The molecule has 1 saturated heterocycles. The van der Waals surface area contributed by atoms with Crippen molar-refractivity contribution in [2.75, 3.05) is 26.2 Å². The van der Waals surface area contributed by atoms with Crippen LogP contribution in [0.3, 0.4) is 0 Å². The Labute approximate surface area is 202 Å². The number of benzene rings is 2. The summed E-state index contributed by atoms with van der Waals surface area (Å²) < 4.78 is 5.67. The third-order valence-corrected chi connectivity index (χ3v) is 5.81. The van der Waals surface area contributed by atoms with Gasteiger partial charge in [-0.1, -0.05) is 23.7 Å². The van der Waals surface area contributed by atoms with Crippen LogP contribution in [0.15, 0.2) is 48.5 Å². The number of nitrogens with two attached hydrogens (primary N) is 1. The molecule has 10 heteroatoms. The zero-order valence-electron chi connectivity index (χ0n) is 18.6. The van der Waals surface area contributed by atoms with E-state index in [2.05, 4.69) is 0 Å². The lowest BCUT2D eigenvalue weighted by atomic mass is 10.0. The number of carboxylic acids is 1. The summed E-state index contributed by atoms with van der Waals surface area (Å²) in [5.74, 6) is -1.75. The summed E-state index contributed by atoms with van der Waals surface area (Å²) >= 11 is 6.04. The fourth-order valence-corrected chi connectivity index (χ4v) is 4.01. The lowest BCUT2D eigenvalue weighted by Crippen LogP contribution is -2.55. The number of amides is 2. The molecule has 1 unspecified atom stereocenters. The average Bonchev–Trinajstić information content (AvgIpc) is 2.80. The third kappa shape index (κ3) is 6.48. The molecule has 1 atom stereocenters. The summed E-state index contributed by atoms with van der Waals surface area (Å²) in [4.78, 5) is 39.8. The van der Waals surface area contributed by atoms with Crippen LogP contribution in [-0.2, 0) is 14.4 Å². The Bertz CT molecular complexity index is 1060. The minimum absolute atomic E-state index is 0.00675. The highest BCUT2D eigenvalue weighted by Gasteiger charge is 2.37. The van der Waals surface area contributed by atoms with Gasteiger partial charge < -0.3 is 25.4 Å². The topological polar surface area (TPSA) is 137 Å². The first-order chi connectivity index (χ1) is 16.3. The third-order valence-electron chi connectivity index (χ3n) is 5.58. The van der Waals surface area contributed by atoms with E-state index in [1.165, 1.54) is 9.80 Å². The van der Waals surface area contributed by atoms with Gasteiger partial charge in [-0.2, -0.15) is 0 Å². The maximum atomic E-state index is 12.8. The smallest absolute Gasteiger partial charge is 0.312 e. The number of nitrogens with one attached hydrogen (secondary N) is 1. The number of nitrogens with zero attached hydrogens (tertiary/aromatic N) is 2. The summed E-state index contributed by atoms with van der Waals surface area (Å²) in [7, 11) is 0. The molecule has 2 aromatic rings. The predicted octanol–water partition coefficient (Wildman–Crippen LogP) is 2.67. The average molecular weight is 487 g/mol. The molecule has 0 bridgehead atoms. The molecule has 1 aliphatic rings. The van der Waals surface area contributed by atoms with Crippen molar-refractivity contribution < 1.29 is 24.2 Å². The molecule has 1 aliphatic heterocycles. The molecule has 9 nitrogen and oxygen atoms in total. The number of aliphatic carboxylic acids is 1. The van der Waals surface area contributed by atoms with Crippen LogP contribution < -0.4 is 10.5 Å². The number of rotatable bonds is 11. The van der Waals surface area contributed by atoms with Gasteiger partial charge in [0, 0.05) is 30.2 Å². The van der Waals surface area contributed by atoms with Crippen LogP contribution in [0.25, 0.3) is 0 Å². The first kappa shape index (κ1) is 25.0. The molecule has 0 aliphatic carbocycles. The van der Waals surface area contributed by atoms with Crippen molar-refractivity contribution in [3.63, 3.8) is 0 Å². The van der Waals surface area contributed by atoms with Crippen LogP contribution in [0.5, 0.6) is 5.75 Å². The number of unbranched alkanes of at least 4 members (excludes halogenated alkanes) is 1. The zero-order valence-corrected chi connectivity index (χ0v) is 19.3. The van der Waals surface area contributed by atoms with Crippen molar-refractivity contribution in [1.29, 1.82) is 5.41 Å². The molecular formula is C24H27ClN4O5. The van der Waals surface area contributed by atoms with Crippen LogP contribution in [0.1, 0.15) is 36.4 Å². The number of hydrogen-bond donors (Lipinski definition) is 3. The molecule has 0 spiro atoms. The van der Waals surface area contributed by atoms with E-state index in [-0.39, 0.29) is 18.8 Å². The van der Waals surface area contributed by atoms with E-state index in [9.17, 15) is 19.5 Å². The molecule has 34 heavy (non-hydrogen) atoms. The van der Waals surface area contributed by atoms with E-state index in [0.717, 1.165) is 0 Å². The van der Waals surface area contributed by atoms with Crippen LogP contribution in [-0.4, -0.2) is 64.8 Å². The molecule has 3 rings (SSSR count). The van der Waals surface area contributed by atoms with E-state index >= 15 is 0 Å². The highest BCUT2D eigenvalue weighted by Crippen LogP contribution is 2.28. The van der Waals surface area contributed by atoms with E-state index < -0.39 is 23.8 Å². The highest BCUT2D eigenvalue weighted by molar-refractivity contribution is 6.35. The van der Waals surface area contributed by atoms with E-state index in [4.69, 9.17) is 27.5 Å². The summed E-state index contributed by atoms with van der Waals surface area (Å²) in [6.45, 7) is 1.42. The minimum Gasteiger partial charge on any atom is -0.494 e. The number of carbonyl (C=O) groups excluding carboxylic acids is 2. The highest BCUT2D eigenvalue weighted by atomic mass is 35.5. The van der Waals surface area contributed by atoms with Gasteiger partial charge in [0.25, 0.3) is 0 Å². The van der Waals surface area contributed by atoms with Crippen molar-refractivity contribution in [2.45, 2.75) is 25.3 Å². The Morgan fingerprint density at radius 1 is 1.12 bits per heavy atom. The molecule has 1 fully saturated rings. The second kappa shape index (κ2) is 11.5. The zero-order chi connectivity index (χ0) is 24.7. The fraction of sp³-hybridized carbons (Fsp3) is 0.333. The van der Waals surface area contributed by atoms with Crippen LogP contribution in [0, 0.1) is 5.41 Å². The fourth-order valence-electron chi connectivity index (χ4n) is 3.81. The van der Waals surface area contributed by atoms with Crippen molar-refractivity contribution >= 4 is 35.2 Å². The minimum atomic E-state index is -1.07. The van der Waals surface area contributed by atoms with E-state index in [1.54, 1.807) is 48.5 Å². The van der Waals surface area contributed by atoms with Gasteiger partial charge in [-0.15, -0.1) is 0 Å². The van der Waals surface area contributed by atoms with Crippen LogP contribution >= 0.6 is 11.6 Å². The lowest BCUT2D eigenvalue weighted by Gasteiger charge is -2.38. The van der Waals surface area contributed by atoms with Gasteiger partial charge in [0.05, 0.1) is 19.1 Å². The molecule has 0 aromatic heterocycles. The Hall–Kier alpha value is -3.59. The number of nitrogen functional groups attached to an aromatic ring is 1. The molecule has 180 valence electrons. The first-order valence-corrected chi connectivity index (χ1v) is 11.3. The van der Waals surface area contributed by atoms with Gasteiger partial charge in [0.15, 0.2) is 0 Å². The van der Waals surface area contributed by atoms with Crippen LogP contribution in [0.2, 0.25) is 5.02 Å². The van der Waals surface area contributed by atoms with Gasteiger partial charge in [-0.25, -0.2) is 0 Å². The monoisotopic (exact) mass is 486 g/mol. The van der Waals surface area contributed by atoms with Crippen molar-refractivity contribution in [1.82, 2.24) is 9.80 Å². The van der Waals surface area contributed by atoms with Gasteiger partial charge in [-0.3, -0.25) is 19.8 Å². The van der Waals surface area contributed by atoms with E-state index in [1.807, 2.05) is 0 Å². The maximum Gasteiger partial charge on any atom is 0.312 e. The predicted molar refractivity (Wildman–Crippen MR) is 127 cm³/mol. The van der Waals surface area contributed by atoms with E-state index in [0.29, 0.717) is 54.4 Å². The Kier molecular flexibility index (Phi) is 8.48. The number of carbonyl (C=O) groups is 3. The maximum absolute atomic E-state index is 12.8. The molecule has 0 radical (unpaired) electrons. The SMILES string of the molecule is N=C(N)c1ccc(OCCCCN2CCN(C(CC(=O)O)c3cccc(Cl)c3)C(=O)C2=O)cc1. The number of ether oxygens (including phenoxy) is 1. The number of carboxylic acid groups (broad SMARTS) is 1. The summed E-state index contributed by atoms with van der Waals surface area (Å²) in [5.41, 5.74) is 6.63. The second-order valence-electron chi connectivity index (χ2n) is 7.95. The lowest BCUT2D eigenvalue weighted by molar-refractivity contribution is -0.159. The van der Waals surface area contributed by atoms with Gasteiger partial charge in [0.2, 0.25) is 0 Å². The van der Waals surface area contributed by atoms with Gasteiger partial charge in [-0.05, 0) is 54.8 Å². The Morgan fingerprint density at radius 2 is 1.85 bits per heavy atom. The molecule has 4 N–H and O–H groups in total. The number of piperazine rings is 1. The summed E-state index contributed by atoms with van der Waals surface area (Å²) in [6.07, 6.45) is 1.02. The van der Waals surface area contributed by atoms with Crippen molar-refractivity contribution in [3.05, 3.63) is 64.7 Å². The van der Waals surface area contributed by atoms with Gasteiger partial charge >= 0.3 is 17.8 Å². The largest absolute Gasteiger partial charge is 0.494 e. The molecule has 2 aromatic carbocycles. The number of amidine groups is 1. The Balaban J connectivity index is 1.50. The number of halogens is 1. The van der Waals surface area contributed by atoms with Gasteiger partial charge in [0.1, 0.15) is 11.6 Å². The molecule has 1 heterocycles. The van der Waals surface area contributed by atoms with Crippen molar-refractivity contribution in [2.24, 2.45) is 5.73 Å². The molecular weight excluding hydrogens is 460 g/mol. The molecule has 2 amide bonds. The number of hydrogen-bond acceptors (Lipinski definition) is 5. The standard InChI is InChI=1S/C24H27ClN4O5/c25-18-5-3-4-17(14-18)20(15-21(30)31)29-12-11-28(23(32)24(29)33)10-1-2-13-34-19-8-6-16(7-9-19)22(26)27/h3-9,14,20H,1-2,10-13,15H2,(H3,26,27)(H,30,31). The normalized spacial score (nSPS) is 14.7. The quantitative estimate of drug-likeness (QED) is 0.193. The Morgan fingerprint density at radius 3 is 2.50 bits per heavy atom.